The van der Waals surface area contributed by atoms with E-state index in [0.29, 0.717) is 0 Å². The lowest BCUT2D eigenvalue weighted by Gasteiger charge is -2.30. The van der Waals surface area contributed by atoms with Crippen molar-refractivity contribution in [3.8, 4) is 0 Å². The third-order valence-electron chi connectivity index (χ3n) is 2.82. The molecule has 0 unspecified atom stereocenters. The molecule has 4 heteroatoms. The average Bonchev–Trinajstić information content (AvgIpc) is 2.31. The Bertz CT molecular complexity index is 348. The van der Waals surface area contributed by atoms with E-state index in [4.69, 9.17) is 10.5 Å². The zero-order valence-corrected chi connectivity index (χ0v) is 9.70. The molecule has 88 valence electrons. The topological polar surface area (TPSA) is 50.5 Å². The van der Waals surface area contributed by atoms with E-state index in [1.54, 1.807) is 0 Å². The molecule has 1 aromatic carbocycles. The first-order chi connectivity index (χ1) is 7.81. The van der Waals surface area contributed by atoms with Gasteiger partial charge in [0.1, 0.15) is 0 Å². The van der Waals surface area contributed by atoms with Crippen LogP contribution in [0.4, 0.5) is 11.4 Å². The quantitative estimate of drug-likeness (QED) is 0.742. The summed E-state index contributed by atoms with van der Waals surface area (Å²) in [5.74, 6) is 0. The van der Waals surface area contributed by atoms with Gasteiger partial charge < -0.3 is 20.7 Å². The largest absolute Gasteiger partial charge is 0.399 e. The number of ether oxygens (including phenoxy) is 1. The third-order valence-corrected chi connectivity index (χ3v) is 2.82. The molecule has 0 aliphatic carbocycles. The molecular formula is C12H19N3O. The standard InChI is InChI=1S/C12H19N3O/c1-14-9-10-8-11(13)2-3-12(10)15-4-6-16-7-5-15/h2-3,8,14H,4-7,9,13H2,1H3. The molecule has 1 aliphatic rings. The fourth-order valence-electron chi connectivity index (χ4n) is 2.05. The van der Waals surface area contributed by atoms with Crippen LogP contribution < -0.4 is 16.0 Å². The molecule has 3 N–H and O–H groups in total. The lowest BCUT2D eigenvalue weighted by atomic mass is 10.1. The fourth-order valence-corrected chi connectivity index (χ4v) is 2.05. The Morgan fingerprint density at radius 2 is 2.12 bits per heavy atom. The third kappa shape index (κ3) is 2.46. The van der Waals surface area contributed by atoms with E-state index >= 15 is 0 Å². The van der Waals surface area contributed by atoms with Gasteiger partial charge in [-0.15, -0.1) is 0 Å². The Morgan fingerprint density at radius 1 is 1.38 bits per heavy atom. The fraction of sp³-hybridized carbons (Fsp3) is 0.500. The second kappa shape index (κ2) is 5.18. The second-order valence-electron chi connectivity index (χ2n) is 4.02. The minimum Gasteiger partial charge on any atom is -0.399 e. The summed E-state index contributed by atoms with van der Waals surface area (Å²) >= 11 is 0. The first-order valence-electron chi connectivity index (χ1n) is 5.67. The number of nitrogens with zero attached hydrogens (tertiary/aromatic N) is 1. The molecule has 0 radical (unpaired) electrons. The van der Waals surface area contributed by atoms with Crippen molar-refractivity contribution in [1.29, 1.82) is 0 Å². The Labute approximate surface area is 96.4 Å². The zero-order valence-electron chi connectivity index (χ0n) is 9.70. The van der Waals surface area contributed by atoms with E-state index in [2.05, 4.69) is 16.3 Å². The first kappa shape index (κ1) is 11.2. The molecule has 1 fully saturated rings. The van der Waals surface area contributed by atoms with Gasteiger partial charge >= 0.3 is 0 Å². The molecule has 1 aromatic rings. The first-order valence-corrected chi connectivity index (χ1v) is 5.67. The van der Waals surface area contributed by atoms with E-state index in [-0.39, 0.29) is 0 Å². The minimum atomic E-state index is 0.809. The molecule has 4 nitrogen and oxygen atoms in total. The van der Waals surface area contributed by atoms with Crippen molar-refractivity contribution in [1.82, 2.24) is 5.32 Å². The number of rotatable bonds is 3. The molecule has 0 amide bonds. The number of hydrogen-bond donors (Lipinski definition) is 2. The van der Waals surface area contributed by atoms with Crippen LogP contribution in [0.25, 0.3) is 0 Å². The molecule has 1 heterocycles. The van der Waals surface area contributed by atoms with Crippen molar-refractivity contribution in [2.75, 3.05) is 44.0 Å². The van der Waals surface area contributed by atoms with Gasteiger partial charge in [0.25, 0.3) is 0 Å². The molecule has 16 heavy (non-hydrogen) atoms. The van der Waals surface area contributed by atoms with Crippen LogP contribution in [-0.2, 0) is 11.3 Å². The van der Waals surface area contributed by atoms with Gasteiger partial charge in [-0.3, -0.25) is 0 Å². The predicted octanol–water partition coefficient (Wildman–Crippen LogP) is 0.825. The van der Waals surface area contributed by atoms with E-state index in [1.807, 2.05) is 19.2 Å². The van der Waals surface area contributed by atoms with E-state index in [1.165, 1.54) is 11.3 Å². The summed E-state index contributed by atoms with van der Waals surface area (Å²) in [6.07, 6.45) is 0. The zero-order chi connectivity index (χ0) is 11.4. The number of anilines is 2. The van der Waals surface area contributed by atoms with Crippen molar-refractivity contribution < 1.29 is 4.74 Å². The van der Waals surface area contributed by atoms with Gasteiger partial charge in [0.05, 0.1) is 13.2 Å². The summed E-state index contributed by atoms with van der Waals surface area (Å²) in [5, 5.41) is 3.18. The Balaban J connectivity index is 2.23. The molecule has 0 saturated carbocycles. The van der Waals surface area contributed by atoms with Gasteiger partial charge in [0.2, 0.25) is 0 Å². The molecule has 1 saturated heterocycles. The van der Waals surface area contributed by atoms with Gasteiger partial charge in [-0.25, -0.2) is 0 Å². The molecule has 0 spiro atoms. The van der Waals surface area contributed by atoms with Crippen molar-refractivity contribution in [3.05, 3.63) is 23.8 Å². The van der Waals surface area contributed by atoms with E-state index in [9.17, 15) is 0 Å². The summed E-state index contributed by atoms with van der Waals surface area (Å²) in [5.41, 5.74) is 9.16. The maximum atomic E-state index is 5.82. The maximum absolute atomic E-state index is 5.82. The highest BCUT2D eigenvalue weighted by Gasteiger charge is 2.14. The van der Waals surface area contributed by atoms with Gasteiger partial charge in [-0.05, 0) is 30.8 Å². The summed E-state index contributed by atoms with van der Waals surface area (Å²) in [6.45, 7) is 4.38. The van der Waals surface area contributed by atoms with Crippen LogP contribution in [0.1, 0.15) is 5.56 Å². The van der Waals surface area contributed by atoms with Crippen molar-refractivity contribution >= 4 is 11.4 Å². The van der Waals surface area contributed by atoms with Crippen LogP contribution in [0.5, 0.6) is 0 Å². The van der Waals surface area contributed by atoms with Crippen LogP contribution in [0.2, 0.25) is 0 Å². The lowest BCUT2D eigenvalue weighted by Crippen LogP contribution is -2.37. The molecule has 0 bridgehead atoms. The number of hydrogen-bond acceptors (Lipinski definition) is 4. The second-order valence-corrected chi connectivity index (χ2v) is 4.02. The summed E-state index contributed by atoms with van der Waals surface area (Å²) in [7, 11) is 1.95. The number of morpholine rings is 1. The number of nitrogens with one attached hydrogen (secondary N) is 1. The van der Waals surface area contributed by atoms with Gasteiger partial charge in [0, 0.05) is 31.0 Å². The van der Waals surface area contributed by atoms with Crippen LogP contribution in [0.3, 0.4) is 0 Å². The smallest absolute Gasteiger partial charge is 0.0642 e. The summed E-state index contributed by atoms with van der Waals surface area (Å²) < 4.78 is 5.36. The lowest BCUT2D eigenvalue weighted by molar-refractivity contribution is 0.122. The Morgan fingerprint density at radius 3 is 2.81 bits per heavy atom. The van der Waals surface area contributed by atoms with Crippen LogP contribution >= 0.6 is 0 Å². The normalized spacial score (nSPS) is 16.4. The number of benzene rings is 1. The number of nitrogen functional groups attached to an aromatic ring is 1. The van der Waals surface area contributed by atoms with Gasteiger partial charge in [-0.1, -0.05) is 0 Å². The van der Waals surface area contributed by atoms with Crippen LogP contribution in [-0.4, -0.2) is 33.4 Å². The van der Waals surface area contributed by atoms with E-state index in [0.717, 1.165) is 38.5 Å². The summed E-state index contributed by atoms with van der Waals surface area (Å²) in [4.78, 5) is 2.36. The molecule has 0 atom stereocenters. The summed E-state index contributed by atoms with van der Waals surface area (Å²) in [6, 6.07) is 6.11. The van der Waals surface area contributed by atoms with Crippen LogP contribution in [0, 0.1) is 0 Å². The van der Waals surface area contributed by atoms with Crippen molar-refractivity contribution in [3.63, 3.8) is 0 Å². The Kier molecular flexibility index (Phi) is 3.64. The predicted molar refractivity (Wildman–Crippen MR) is 66.7 cm³/mol. The van der Waals surface area contributed by atoms with Crippen molar-refractivity contribution in [2.45, 2.75) is 6.54 Å². The average molecular weight is 221 g/mol. The molecule has 2 rings (SSSR count). The van der Waals surface area contributed by atoms with Gasteiger partial charge in [0.15, 0.2) is 0 Å². The molecular weight excluding hydrogens is 202 g/mol. The Hall–Kier alpha value is -1.26. The minimum absolute atomic E-state index is 0.809. The maximum Gasteiger partial charge on any atom is 0.0642 e. The molecule has 1 aliphatic heterocycles. The SMILES string of the molecule is CNCc1cc(N)ccc1N1CCOCC1. The van der Waals surface area contributed by atoms with E-state index < -0.39 is 0 Å². The monoisotopic (exact) mass is 221 g/mol. The number of nitrogens with two attached hydrogens (primary N) is 1. The van der Waals surface area contributed by atoms with Crippen molar-refractivity contribution in [2.24, 2.45) is 0 Å². The highest BCUT2D eigenvalue weighted by atomic mass is 16.5. The van der Waals surface area contributed by atoms with Gasteiger partial charge in [-0.2, -0.15) is 0 Å². The highest BCUT2D eigenvalue weighted by Crippen LogP contribution is 2.23. The van der Waals surface area contributed by atoms with Crippen LogP contribution in [0.15, 0.2) is 18.2 Å². The molecule has 0 aromatic heterocycles. The highest BCUT2D eigenvalue weighted by molar-refractivity contribution is 5.59.